The molecule has 0 radical (unpaired) electrons. The van der Waals surface area contributed by atoms with Gasteiger partial charge in [-0.1, -0.05) is 60.4 Å². The Morgan fingerprint density at radius 3 is 2.58 bits per heavy atom. The van der Waals surface area contributed by atoms with E-state index in [1.54, 1.807) is 26.1 Å². The highest BCUT2D eigenvalue weighted by atomic mass is 32.2. The molecule has 8 heteroatoms. The summed E-state index contributed by atoms with van der Waals surface area (Å²) in [5.41, 5.74) is 1.95. The molecule has 0 aliphatic carbocycles. The Bertz CT molecular complexity index is 1190. The van der Waals surface area contributed by atoms with Gasteiger partial charge in [-0.3, -0.25) is 19.1 Å². The van der Waals surface area contributed by atoms with E-state index in [1.165, 1.54) is 21.2 Å². The molecule has 1 saturated heterocycles. The molecule has 31 heavy (non-hydrogen) atoms. The van der Waals surface area contributed by atoms with E-state index < -0.39 is 0 Å². The molecule has 1 aliphatic heterocycles. The zero-order valence-electron chi connectivity index (χ0n) is 17.6. The fraction of sp³-hybridized carbons (Fsp3) is 0.217. The van der Waals surface area contributed by atoms with E-state index in [0.717, 1.165) is 5.56 Å². The summed E-state index contributed by atoms with van der Waals surface area (Å²) in [5, 5.41) is 9.57. The summed E-state index contributed by atoms with van der Waals surface area (Å²) in [6.07, 6.45) is 3.35. The van der Waals surface area contributed by atoms with Crippen molar-refractivity contribution in [1.82, 2.24) is 9.47 Å². The van der Waals surface area contributed by atoms with E-state index in [-0.39, 0.29) is 17.0 Å². The highest BCUT2D eigenvalue weighted by molar-refractivity contribution is 8.26. The van der Waals surface area contributed by atoms with E-state index in [1.807, 2.05) is 48.3 Å². The fourth-order valence-corrected chi connectivity index (χ4v) is 4.78. The Labute approximate surface area is 191 Å². The molecular weight excluding hydrogens is 428 g/mol. The minimum atomic E-state index is -0.369. The summed E-state index contributed by atoms with van der Waals surface area (Å²) < 4.78 is 1.92. The van der Waals surface area contributed by atoms with Gasteiger partial charge < -0.3 is 4.90 Å². The number of thiocarbonyl (C=S) groups is 1. The van der Waals surface area contributed by atoms with Crippen LogP contribution in [0.2, 0.25) is 0 Å². The van der Waals surface area contributed by atoms with Crippen LogP contribution in [0.4, 0.5) is 5.82 Å². The first-order valence-electron chi connectivity index (χ1n) is 9.55. The molecule has 1 aliphatic rings. The molecule has 1 aromatic carbocycles. The van der Waals surface area contributed by atoms with Crippen LogP contribution in [0, 0.1) is 18.3 Å². The van der Waals surface area contributed by atoms with Gasteiger partial charge in [0.05, 0.1) is 4.91 Å². The van der Waals surface area contributed by atoms with Gasteiger partial charge in [0.15, 0.2) is 0 Å². The van der Waals surface area contributed by atoms with Gasteiger partial charge in [-0.15, -0.1) is 6.58 Å². The lowest BCUT2D eigenvalue weighted by molar-refractivity contribution is -0.121. The first-order valence-corrected chi connectivity index (χ1v) is 10.8. The van der Waals surface area contributed by atoms with Crippen LogP contribution in [-0.2, 0) is 18.4 Å². The third kappa shape index (κ3) is 4.33. The van der Waals surface area contributed by atoms with Gasteiger partial charge >= 0.3 is 0 Å². The number of carbonyl (C=O) groups is 1. The molecule has 158 valence electrons. The van der Waals surface area contributed by atoms with Crippen molar-refractivity contribution in [1.29, 1.82) is 5.26 Å². The van der Waals surface area contributed by atoms with Crippen molar-refractivity contribution >= 4 is 46.1 Å². The normalized spacial score (nSPS) is 14.8. The van der Waals surface area contributed by atoms with Crippen LogP contribution in [0.15, 0.2) is 52.7 Å². The number of amides is 1. The summed E-state index contributed by atoms with van der Waals surface area (Å²) in [5.74, 6) is 0.415. The van der Waals surface area contributed by atoms with Crippen LogP contribution in [-0.4, -0.2) is 33.3 Å². The van der Waals surface area contributed by atoms with Crippen LogP contribution >= 0.6 is 24.0 Å². The van der Waals surface area contributed by atoms with E-state index in [2.05, 4.69) is 6.58 Å². The van der Waals surface area contributed by atoms with Crippen molar-refractivity contribution < 1.29 is 4.79 Å². The predicted molar refractivity (Wildman–Crippen MR) is 130 cm³/mol. The number of nitriles is 1. The second-order valence-corrected chi connectivity index (χ2v) is 8.81. The predicted octanol–water partition coefficient (Wildman–Crippen LogP) is 3.59. The fourth-order valence-electron chi connectivity index (χ4n) is 3.52. The van der Waals surface area contributed by atoms with E-state index in [9.17, 15) is 14.9 Å². The zero-order valence-corrected chi connectivity index (χ0v) is 19.2. The van der Waals surface area contributed by atoms with Gasteiger partial charge in [0.2, 0.25) is 0 Å². The first-order chi connectivity index (χ1) is 14.8. The topological polar surface area (TPSA) is 69.3 Å². The molecule has 0 atom stereocenters. The van der Waals surface area contributed by atoms with Gasteiger partial charge in [0.1, 0.15) is 21.8 Å². The Kier molecular flexibility index (Phi) is 6.78. The lowest BCUT2D eigenvalue weighted by Crippen LogP contribution is -2.31. The standard InChI is InChI=1S/C23H22N4O2S2/c1-5-11-27-22(29)19(31-23(27)30)12-17-15(2)18(13-24)21(28)26(4)20(17)25(3)14-16-9-7-6-8-10-16/h5-10,12H,1,11,14H2,2-4H3. The van der Waals surface area contributed by atoms with Crippen molar-refractivity contribution in [3.8, 4) is 6.07 Å². The van der Waals surface area contributed by atoms with Crippen LogP contribution in [0.3, 0.4) is 0 Å². The monoisotopic (exact) mass is 450 g/mol. The summed E-state index contributed by atoms with van der Waals surface area (Å²) in [6.45, 7) is 6.29. The number of benzene rings is 1. The summed E-state index contributed by atoms with van der Waals surface area (Å²) >= 11 is 6.54. The van der Waals surface area contributed by atoms with Crippen molar-refractivity contribution in [2.24, 2.45) is 7.05 Å². The summed E-state index contributed by atoms with van der Waals surface area (Å²) in [7, 11) is 3.52. The number of aromatic nitrogens is 1. The van der Waals surface area contributed by atoms with Crippen molar-refractivity contribution in [2.45, 2.75) is 13.5 Å². The number of anilines is 1. The maximum Gasteiger partial charge on any atom is 0.270 e. The lowest BCUT2D eigenvalue weighted by Gasteiger charge is -2.26. The summed E-state index contributed by atoms with van der Waals surface area (Å²) in [4.78, 5) is 29.6. The molecule has 2 heterocycles. The molecule has 0 saturated carbocycles. The van der Waals surface area contributed by atoms with E-state index in [4.69, 9.17) is 12.2 Å². The number of rotatable bonds is 6. The van der Waals surface area contributed by atoms with Crippen molar-refractivity contribution in [3.05, 3.63) is 80.5 Å². The number of nitrogens with zero attached hydrogens (tertiary/aromatic N) is 4. The van der Waals surface area contributed by atoms with Gasteiger partial charge in [-0.05, 0) is 24.1 Å². The maximum atomic E-state index is 12.9. The molecule has 0 unspecified atom stereocenters. The third-order valence-electron chi connectivity index (χ3n) is 5.05. The minimum Gasteiger partial charge on any atom is -0.356 e. The van der Waals surface area contributed by atoms with Gasteiger partial charge in [-0.25, -0.2) is 0 Å². The summed E-state index contributed by atoms with van der Waals surface area (Å²) in [6, 6.07) is 11.9. The smallest absolute Gasteiger partial charge is 0.270 e. The number of hydrogen-bond acceptors (Lipinski definition) is 6. The number of thioether (sulfide) groups is 1. The highest BCUT2D eigenvalue weighted by Crippen LogP contribution is 2.35. The number of hydrogen-bond donors (Lipinski definition) is 0. The van der Waals surface area contributed by atoms with E-state index >= 15 is 0 Å². The number of pyridine rings is 1. The van der Waals surface area contributed by atoms with Crippen LogP contribution < -0.4 is 10.5 Å². The van der Waals surface area contributed by atoms with E-state index in [0.29, 0.717) is 39.3 Å². The average molecular weight is 451 g/mol. The van der Waals surface area contributed by atoms with Gasteiger partial charge in [0, 0.05) is 32.7 Å². The Morgan fingerprint density at radius 1 is 1.29 bits per heavy atom. The minimum absolute atomic E-state index is 0.0622. The Morgan fingerprint density at radius 2 is 1.97 bits per heavy atom. The van der Waals surface area contributed by atoms with Crippen LogP contribution in [0.5, 0.6) is 0 Å². The van der Waals surface area contributed by atoms with Gasteiger partial charge in [-0.2, -0.15) is 5.26 Å². The molecule has 1 aromatic heterocycles. The molecule has 2 aromatic rings. The van der Waals surface area contributed by atoms with Crippen molar-refractivity contribution in [2.75, 3.05) is 18.5 Å². The largest absolute Gasteiger partial charge is 0.356 e. The van der Waals surface area contributed by atoms with Crippen LogP contribution in [0.1, 0.15) is 22.3 Å². The van der Waals surface area contributed by atoms with Gasteiger partial charge in [0.25, 0.3) is 11.5 Å². The number of carbonyl (C=O) groups excluding carboxylic acids is 1. The second-order valence-electron chi connectivity index (χ2n) is 7.14. The highest BCUT2D eigenvalue weighted by Gasteiger charge is 2.32. The second kappa shape index (κ2) is 9.33. The Hall–Kier alpha value is -3.15. The Balaban J connectivity index is 2.17. The average Bonchev–Trinajstić information content (AvgIpc) is 3.01. The maximum absolute atomic E-state index is 12.9. The molecule has 1 amide bonds. The molecule has 1 fully saturated rings. The molecule has 0 bridgehead atoms. The molecule has 0 N–H and O–H groups in total. The molecular formula is C23H22N4O2S2. The quantitative estimate of drug-likeness (QED) is 0.381. The SMILES string of the molecule is C=CCN1C(=O)C(=Cc2c(C)c(C#N)c(=O)n(C)c2N(C)Cc2ccccc2)SC1=S. The van der Waals surface area contributed by atoms with Crippen molar-refractivity contribution in [3.63, 3.8) is 0 Å². The van der Waals surface area contributed by atoms with Crippen LogP contribution in [0.25, 0.3) is 6.08 Å². The third-order valence-corrected chi connectivity index (χ3v) is 6.43. The first kappa shape index (κ1) is 22.5. The molecule has 3 rings (SSSR count). The molecule has 6 nitrogen and oxygen atoms in total. The zero-order chi connectivity index (χ0) is 22.7. The molecule has 0 spiro atoms. The lowest BCUT2D eigenvalue weighted by atomic mass is 10.0.